The highest BCUT2D eigenvalue weighted by molar-refractivity contribution is 5.14. The number of hydrogen-bond acceptors (Lipinski definition) is 2. The molecular weight excluding hydrogens is 196 g/mol. The summed E-state index contributed by atoms with van der Waals surface area (Å²) >= 11 is 0. The van der Waals surface area contributed by atoms with Crippen LogP contribution >= 0.6 is 0 Å². The number of nitriles is 1. The molecule has 2 nitrogen and oxygen atoms in total. The summed E-state index contributed by atoms with van der Waals surface area (Å²) in [6.45, 7) is 2.24. The molecule has 0 amide bonds. The summed E-state index contributed by atoms with van der Waals surface area (Å²) < 4.78 is 0. The van der Waals surface area contributed by atoms with Crippen LogP contribution in [0.25, 0.3) is 0 Å². The predicted octanol–water partition coefficient (Wildman–Crippen LogP) is 3.38. The van der Waals surface area contributed by atoms with Gasteiger partial charge in [-0.05, 0) is 31.6 Å². The van der Waals surface area contributed by atoms with Gasteiger partial charge in [0.05, 0.1) is 6.07 Å². The Morgan fingerprint density at radius 3 is 2.25 bits per heavy atom. The maximum atomic E-state index is 9.48. The summed E-state index contributed by atoms with van der Waals surface area (Å²) in [5, 5.41) is 13.2. The quantitative estimate of drug-likeness (QED) is 0.724. The minimum atomic E-state index is -0.199. The first-order chi connectivity index (χ1) is 7.77. The van der Waals surface area contributed by atoms with E-state index in [1.54, 1.807) is 0 Å². The number of nitrogens with zero attached hydrogens (tertiary/aromatic N) is 1. The highest BCUT2D eigenvalue weighted by Crippen LogP contribution is 2.36. The molecule has 0 saturated heterocycles. The van der Waals surface area contributed by atoms with Crippen LogP contribution in [0.1, 0.15) is 64.7 Å². The van der Waals surface area contributed by atoms with Gasteiger partial charge in [0.15, 0.2) is 0 Å². The molecule has 2 atom stereocenters. The molecule has 0 aromatic carbocycles. The van der Waals surface area contributed by atoms with Crippen molar-refractivity contribution in [1.29, 1.82) is 5.26 Å². The van der Waals surface area contributed by atoms with Gasteiger partial charge >= 0.3 is 0 Å². The summed E-state index contributed by atoms with van der Waals surface area (Å²) in [6.07, 6.45) is 11.5. The third kappa shape index (κ3) is 2.40. The molecule has 90 valence electrons. The fraction of sp³-hybridized carbons (Fsp3) is 0.929. The van der Waals surface area contributed by atoms with Crippen molar-refractivity contribution < 1.29 is 0 Å². The molecule has 0 bridgehead atoms. The van der Waals surface area contributed by atoms with Gasteiger partial charge in [-0.15, -0.1) is 0 Å². The van der Waals surface area contributed by atoms with Gasteiger partial charge in [0.25, 0.3) is 0 Å². The van der Waals surface area contributed by atoms with E-state index in [9.17, 15) is 5.26 Å². The highest BCUT2D eigenvalue weighted by Gasteiger charge is 2.41. The summed E-state index contributed by atoms with van der Waals surface area (Å²) in [7, 11) is 0. The van der Waals surface area contributed by atoms with Crippen molar-refractivity contribution in [2.45, 2.75) is 76.3 Å². The van der Waals surface area contributed by atoms with Crippen LogP contribution in [0.5, 0.6) is 0 Å². The average Bonchev–Trinajstić information content (AvgIpc) is 2.52. The van der Waals surface area contributed by atoms with Crippen molar-refractivity contribution in [1.82, 2.24) is 5.32 Å². The van der Waals surface area contributed by atoms with Crippen molar-refractivity contribution in [3.8, 4) is 6.07 Å². The molecule has 2 aliphatic rings. The molecule has 0 aromatic rings. The normalized spacial score (nSPS) is 36.9. The Balaban J connectivity index is 1.98. The molecule has 2 unspecified atom stereocenters. The smallest absolute Gasteiger partial charge is 0.109 e. The van der Waals surface area contributed by atoms with E-state index in [-0.39, 0.29) is 5.54 Å². The molecule has 16 heavy (non-hydrogen) atoms. The van der Waals surface area contributed by atoms with E-state index in [0.717, 1.165) is 6.42 Å². The third-order valence-electron chi connectivity index (χ3n) is 4.57. The second kappa shape index (κ2) is 5.19. The Bertz CT molecular complexity index is 260. The Kier molecular flexibility index (Phi) is 3.86. The SMILES string of the molecule is CC1CCCC1(C#N)NC1CCCCCC1. The number of hydrogen-bond donors (Lipinski definition) is 1. The second-order valence-electron chi connectivity index (χ2n) is 5.71. The molecule has 0 radical (unpaired) electrons. The molecule has 2 rings (SSSR count). The Morgan fingerprint density at radius 1 is 1.06 bits per heavy atom. The lowest BCUT2D eigenvalue weighted by molar-refractivity contribution is 0.281. The summed E-state index contributed by atoms with van der Waals surface area (Å²) in [5.74, 6) is 0.528. The minimum absolute atomic E-state index is 0.199. The number of nitrogens with one attached hydrogen (secondary N) is 1. The summed E-state index contributed by atoms with van der Waals surface area (Å²) in [5.41, 5.74) is -0.199. The zero-order valence-electron chi connectivity index (χ0n) is 10.5. The molecule has 2 fully saturated rings. The van der Waals surface area contributed by atoms with E-state index in [1.165, 1.54) is 51.4 Å². The first-order valence-corrected chi connectivity index (χ1v) is 6.96. The molecule has 0 spiro atoms. The van der Waals surface area contributed by atoms with E-state index < -0.39 is 0 Å². The van der Waals surface area contributed by atoms with Crippen molar-refractivity contribution in [3.63, 3.8) is 0 Å². The fourth-order valence-electron chi connectivity index (χ4n) is 3.38. The monoisotopic (exact) mass is 220 g/mol. The maximum absolute atomic E-state index is 9.48. The molecule has 2 heteroatoms. The van der Waals surface area contributed by atoms with Gasteiger partial charge in [-0.1, -0.05) is 39.0 Å². The highest BCUT2D eigenvalue weighted by atomic mass is 15.0. The lowest BCUT2D eigenvalue weighted by Gasteiger charge is -2.32. The van der Waals surface area contributed by atoms with Gasteiger partial charge < -0.3 is 0 Å². The third-order valence-corrected chi connectivity index (χ3v) is 4.57. The first-order valence-electron chi connectivity index (χ1n) is 6.96. The van der Waals surface area contributed by atoms with Crippen molar-refractivity contribution in [3.05, 3.63) is 0 Å². The molecule has 0 heterocycles. The maximum Gasteiger partial charge on any atom is 0.109 e. The van der Waals surface area contributed by atoms with E-state index in [4.69, 9.17) is 0 Å². The first kappa shape index (κ1) is 11.9. The molecule has 2 saturated carbocycles. The average molecular weight is 220 g/mol. The lowest BCUT2D eigenvalue weighted by Crippen LogP contribution is -2.51. The predicted molar refractivity (Wildman–Crippen MR) is 66.0 cm³/mol. The van der Waals surface area contributed by atoms with Crippen LogP contribution in [-0.4, -0.2) is 11.6 Å². The van der Waals surface area contributed by atoms with Crippen LogP contribution in [0.15, 0.2) is 0 Å². The van der Waals surface area contributed by atoms with Crippen molar-refractivity contribution in [2.24, 2.45) is 5.92 Å². The largest absolute Gasteiger partial charge is 0.296 e. The van der Waals surface area contributed by atoms with Crippen LogP contribution in [0.3, 0.4) is 0 Å². The lowest BCUT2D eigenvalue weighted by atomic mass is 9.88. The van der Waals surface area contributed by atoms with Crippen LogP contribution in [-0.2, 0) is 0 Å². The minimum Gasteiger partial charge on any atom is -0.296 e. The van der Waals surface area contributed by atoms with Gasteiger partial charge in [-0.2, -0.15) is 5.26 Å². The van der Waals surface area contributed by atoms with Gasteiger partial charge in [0.1, 0.15) is 5.54 Å². The van der Waals surface area contributed by atoms with Gasteiger partial charge in [0, 0.05) is 6.04 Å². The van der Waals surface area contributed by atoms with Gasteiger partial charge in [0.2, 0.25) is 0 Å². The van der Waals surface area contributed by atoms with Crippen LogP contribution in [0.4, 0.5) is 0 Å². The molecule has 0 aromatic heterocycles. The van der Waals surface area contributed by atoms with Crippen molar-refractivity contribution >= 4 is 0 Å². The van der Waals surface area contributed by atoms with E-state index >= 15 is 0 Å². The fourth-order valence-corrected chi connectivity index (χ4v) is 3.38. The summed E-state index contributed by atoms with van der Waals surface area (Å²) in [6, 6.07) is 3.18. The van der Waals surface area contributed by atoms with E-state index in [1.807, 2.05) is 0 Å². The second-order valence-corrected chi connectivity index (χ2v) is 5.71. The van der Waals surface area contributed by atoms with Crippen LogP contribution in [0.2, 0.25) is 0 Å². The molecule has 0 aliphatic heterocycles. The van der Waals surface area contributed by atoms with Gasteiger partial charge in [-0.25, -0.2) is 0 Å². The molecular formula is C14H24N2. The summed E-state index contributed by atoms with van der Waals surface area (Å²) in [4.78, 5) is 0. The molecule has 2 aliphatic carbocycles. The molecule has 1 N–H and O–H groups in total. The zero-order valence-corrected chi connectivity index (χ0v) is 10.5. The van der Waals surface area contributed by atoms with Gasteiger partial charge in [-0.3, -0.25) is 5.32 Å². The van der Waals surface area contributed by atoms with E-state index in [2.05, 4.69) is 18.3 Å². The van der Waals surface area contributed by atoms with Crippen LogP contribution < -0.4 is 5.32 Å². The Hall–Kier alpha value is -0.550. The zero-order chi connectivity index (χ0) is 11.4. The Morgan fingerprint density at radius 2 is 1.75 bits per heavy atom. The number of rotatable bonds is 2. The van der Waals surface area contributed by atoms with E-state index in [0.29, 0.717) is 12.0 Å². The Labute approximate surface area is 99.4 Å². The topological polar surface area (TPSA) is 35.8 Å². The standard InChI is InChI=1S/C14H24N2/c1-12-7-6-10-14(12,11-15)16-13-8-4-2-3-5-9-13/h12-13,16H,2-10H2,1H3. The van der Waals surface area contributed by atoms with Crippen molar-refractivity contribution in [2.75, 3.05) is 0 Å². The van der Waals surface area contributed by atoms with Crippen LogP contribution in [0, 0.1) is 17.2 Å².